The number of nitrogens with one attached hydrogen (secondary N) is 2. The molecule has 0 saturated heterocycles. The third-order valence-corrected chi connectivity index (χ3v) is 8.73. The molecule has 1 heterocycles. The van der Waals surface area contributed by atoms with E-state index in [1.54, 1.807) is 13.2 Å². The summed E-state index contributed by atoms with van der Waals surface area (Å²) in [5.74, 6) is -0.0952. The molecule has 0 atom stereocenters. The predicted molar refractivity (Wildman–Crippen MR) is 200 cm³/mol. The zero-order valence-electron chi connectivity index (χ0n) is 28.2. The van der Waals surface area contributed by atoms with Crippen molar-refractivity contribution in [3.63, 3.8) is 0 Å². The lowest BCUT2D eigenvalue weighted by Gasteiger charge is -2.16. The maximum absolute atomic E-state index is 13.3. The highest BCUT2D eigenvalue weighted by molar-refractivity contribution is 6.08. The molecule has 252 valence electrons. The van der Waals surface area contributed by atoms with Crippen molar-refractivity contribution in [2.75, 3.05) is 24.4 Å². The summed E-state index contributed by atoms with van der Waals surface area (Å²) < 4.78 is 5.38. The number of amides is 2. The number of hydrogen-bond acceptors (Lipinski definition) is 6. The highest BCUT2D eigenvalue weighted by Gasteiger charge is 2.17. The standard InChI is InChI=1S/C42H40N4O4/c1-27-21-30(24-37-39(27)44-26-38(41(43)48)40(37)45-35-10-6-11-36(25-35)50-2)22-29-8-5-9-33(23-29)42(49)46-34-18-16-32(17-19-34)31-14-12-28(13-15-31)7-3-4-20-47/h5-6,8-19,21,23-26,47H,3-4,7,20,22H2,1-2H3,(H2,43,48)(H,44,45)(H,46,49). The van der Waals surface area contributed by atoms with E-state index in [0.29, 0.717) is 29.1 Å². The van der Waals surface area contributed by atoms with Crippen molar-refractivity contribution >= 4 is 39.8 Å². The van der Waals surface area contributed by atoms with E-state index in [9.17, 15) is 9.59 Å². The molecule has 0 saturated carbocycles. The number of rotatable bonds is 13. The molecule has 1 aromatic heterocycles. The summed E-state index contributed by atoms with van der Waals surface area (Å²) in [6.07, 6.45) is 4.81. The first-order valence-electron chi connectivity index (χ1n) is 16.6. The Hall–Kier alpha value is -5.99. The first-order chi connectivity index (χ1) is 24.3. The number of anilines is 3. The quantitative estimate of drug-likeness (QED) is 0.0922. The van der Waals surface area contributed by atoms with E-state index in [1.165, 1.54) is 11.8 Å². The molecule has 0 radical (unpaired) electrons. The predicted octanol–water partition coefficient (Wildman–Crippen LogP) is 8.22. The fourth-order valence-corrected chi connectivity index (χ4v) is 6.14. The number of pyridine rings is 1. The molecular weight excluding hydrogens is 624 g/mol. The molecule has 5 aromatic carbocycles. The summed E-state index contributed by atoms with van der Waals surface area (Å²) in [5.41, 5.74) is 15.8. The normalized spacial score (nSPS) is 10.9. The second-order valence-electron chi connectivity index (χ2n) is 12.4. The fraction of sp³-hybridized carbons (Fsp3) is 0.167. The zero-order chi connectivity index (χ0) is 35.0. The molecule has 0 bridgehead atoms. The molecule has 8 heteroatoms. The summed E-state index contributed by atoms with van der Waals surface area (Å²) in [6.45, 7) is 2.21. The summed E-state index contributed by atoms with van der Waals surface area (Å²) in [7, 11) is 1.60. The highest BCUT2D eigenvalue weighted by Crippen LogP contribution is 2.33. The van der Waals surface area contributed by atoms with Crippen molar-refractivity contribution in [3.8, 4) is 16.9 Å². The van der Waals surface area contributed by atoms with Crippen molar-refractivity contribution in [2.24, 2.45) is 5.73 Å². The Kier molecular flexibility index (Phi) is 10.5. The van der Waals surface area contributed by atoms with Crippen molar-refractivity contribution in [1.29, 1.82) is 0 Å². The van der Waals surface area contributed by atoms with Crippen LogP contribution in [-0.4, -0.2) is 35.6 Å². The topological polar surface area (TPSA) is 127 Å². The summed E-state index contributed by atoms with van der Waals surface area (Å²) in [4.78, 5) is 30.4. The molecule has 50 heavy (non-hydrogen) atoms. The van der Waals surface area contributed by atoms with Gasteiger partial charge in [-0.15, -0.1) is 0 Å². The second kappa shape index (κ2) is 15.5. The number of fused-ring (bicyclic) bond motifs is 1. The van der Waals surface area contributed by atoms with E-state index in [4.69, 9.17) is 15.6 Å². The Morgan fingerprint density at radius 2 is 1.54 bits per heavy atom. The minimum atomic E-state index is -0.582. The third kappa shape index (κ3) is 7.99. The van der Waals surface area contributed by atoms with E-state index in [0.717, 1.165) is 63.7 Å². The number of nitrogens with zero attached hydrogens (tertiary/aromatic N) is 1. The molecule has 0 spiro atoms. The van der Waals surface area contributed by atoms with Crippen LogP contribution in [0.4, 0.5) is 17.1 Å². The van der Waals surface area contributed by atoms with Crippen LogP contribution in [0, 0.1) is 6.92 Å². The van der Waals surface area contributed by atoms with E-state index in [2.05, 4.69) is 45.9 Å². The fourth-order valence-electron chi connectivity index (χ4n) is 6.14. The lowest BCUT2D eigenvalue weighted by Crippen LogP contribution is -2.14. The molecule has 6 rings (SSSR count). The van der Waals surface area contributed by atoms with Crippen LogP contribution in [0.2, 0.25) is 0 Å². The van der Waals surface area contributed by atoms with Crippen LogP contribution >= 0.6 is 0 Å². The number of benzene rings is 5. The van der Waals surface area contributed by atoms with Gasteiger partial charge in [-0.1, -0.05) is 60.7 Å². The molecule has 6 aromatic rings. The number of methoxy groups -OCH3 is 1. The number of aliphatic hydroxyl groups is 1. The number of nitrogens with two attached hydrogens (primary N) is 1. The largest absolute Gasteiger partial charge is 0.497 e. The van der Waals surface area contributed by atoms with Crippen LogP contribution in [0.25, 0.3) is 22.0 Å². The van der Waals surface area contributed by atoms with E-state index < -0.39 is 5.91 Å². The lowest BCUT2D eigenvalue weighted by atomic mass is 9.97. The highest BCUT2D eigenvalue weighted by atomic mass is 16.5. The van der Waals surface area contributed by atoms with Crippen LogP contribution in [0.3, 0.4) is 0 Å². The third-order valence-electron chi connectivity index (χ3n) is 8.73. The molecular formula is C42H40N4O4. The lowest BCUT2D eigenvalue weighted by molar-refractivity contribution is 0.0998. The van der Waals surface area contributed by atoms with Crippen LogP contribution in [0.5, 0.6) is 5.75 Å². The number of hydrogen-bond donors (Lipinski definition) is 4. The number of primary amides is 1. The van der Waals surface area contributed by atoms with Crippen molar-refractivity contribution in [2.45, 2.75) is 32.6 Å². The first kappa shape index (κ1) is 33.9. The molecule has 8 nitrogen and oxygen atoms in total. The Morgan fingerprint density at radius 3 is 2.26 bits per heavy atom. The van der Waals surface area contributed by atoms with Gasteiger partial charge in [-0.2, -0.15) is 0 Å². The van der Waals surface area contributed by atoms with Crippen molar-refractivity contribution in [1.82, 2.24) is 4.98 Å². The zero-order valence-corrected chi connectivity index (χ0v) is 28.2. The van der Waals surface area contributed by atoms with Crippen LogP contribution in [-0.2, 0) is 12.8 Å². The van der Waals surface area contributed by atoms with Gasteiger partial charge in [0, 0.05) is 41.2 Å². The minimum Gasteiger partial charge on any atom is -0.497 e. The van der Waals surface area contributed by atoms with Crippen LogP contribution in [0.15, 0.2) is 115 Å². The summed E-state index contributed by atoms with van der Waals surface area (Å²) >= 11 is 0. The molecule has 0 aliphatic rings. The molecule has 0 aliphatic heterocycles. The Morgan fingerprint density at radius 1 is 0.800 bits per heavy atom. The minimum absolute atomic E-state index is 0.193. The maximum atomic E-state index is 13.3. The maximum Gasteiger partial charge on any atom is 0.255 e. The number of ether oxygens (including phenoxy) is 1. The number of aryl methyl sites for hydroxylation is 2. The molecule has 0 fully saturated rings. The second-order valence-corrected chi connectivity index (χ2v) is 12.4. The average molecular weight is 665 g/mol. The summed E-state index contributed by atoms with van der Waals surface area (Å²) in [6, 6.07) is 35.4. The van der Waals surface area contributed by atoms with E-state index >= 15 is 0 Å². The van der Waals surface area contributed by atoms with Crippen LogP contribution in [0.1, 0.15) is 55.8 Å². The van der Waals surface area contributed by atoms with E-state index in [-0.39, 0.29) is 18.1 Å². The van der Waals surface area contributed by atoms with Gasteiger partial charge in [-0.25, -0.2) is 0 Å². The van der Waals surface area contributed by atoms with Gasteiger partial charge in [0.15, 0.2) is 0 Å². The van der Waals surface area contributed by atoms with Gasteiger partial charge in [0.1, 0.15) is 5.75 Å². The van der Waals surface area contributed by atoms with Gasteiger partial charge in [0.05, 0.1) is 23.9 Å². The van der Waals surface area contributed by atoms with Gasteiger partial charge in [0.25, 0.3) is 11.8 Å². The first-order valence-corrected chi connectivity index (χ1v) is 16.6. The smallest absolute Gasteiger partial charge is 0.255 e. The number of carbonyl (C=O) groups is 2. The van der Waals surface area contributed by atoms with Gasteiger partial charge in [-0.05, 0) is 108 Å². The SMILES string of the molecule is COc1cccc(Nc2c(C(N)=O)cnc3c(C)cc(Cc4cccc(C(=O)Nc5ccc(-c6ccc(CCCCO)cc6)cc5)c4)cc23)c1. The van der Waals surface area contributed by atoms with Gasteiger partial charge < -0.3 is 26.2 Å². The molecule has 0 unspecified atom stereocenters. The van der Waals surface area contributed by atoms with Crippen LogP contribution < -0.4 is 21.1 Å². The van der Waals surface area contributed by atoms with Gasteiger partial charge in [0.2, 0.25) is 0 Å². The average Bonchev–Trinajstić information content (AvgIpc) is 3.13. The molecule has 2 amide bonds. The Balaban J connectivity index is 1.19. The monoisotopic (exact) mass is 664 g/mol. The van der Waals surface area contributed by atoms with E-state index in [1.807, 2.05) is 79.7 Å². The number of unbranched alkanes of at least 4 members (excludes halogenated alkanes) is 1. The Labute approximate surface area is 292 Å². The number of aromatic nitrogens is 1. The van der Waals surface area contributed by atoms with Crippen molar-refractivity contribution < 1.29 is 19.4 Å². The molecule has 0 aliphatic carbocycles. The summed E-state index contributed by atoms with van der Waals surface area (Å²) in [5, 5.41) is 16.2. The van der Waals surface area contributed by atoms with Gasteiger partial charge in [-0.3, -0.25) is 14.6 Å². The van der Waals surface area contributed by atoms with Crippen molar-refractivity contribution in [3.05, 3.63) is 149 Å². The number of aliphatic hydroxyl groups excluding tert-OH is 1. The number of carbonyl (C=O) groups excluding carboxylic acids is 2. The Bertz CT molecular complexity index is 2140. The molecule has 5 N–H and O–H groups in total. The van der Waals surface area contributed by atoms with Gasteiger partial charge >= 0.3 is 0 Å².